The van der Waals surface area contributed by atoms with Crippen molar-refractivity contribution in [3.63, 3.8) is 0 Å². The molecule has 0 bridgehead atoms. The summed E-state index contributed by atoms with van der Waals surface area (Å²) in [5.74, 6) is 0. The zero-order valence-corrected chi connectivity index (χ0v) is 13.0. The summed E-state index contributed by atoms with van der Waals surface area (Å²) in [7, 11) is 4.24. The minimum atomic E-state index is 0.127. The van der Waals surface area contributed by atoms with Crippen molar-refractivity contribution in [2.24, 2.45) is 0 Å². The number of alkyl halides is 1. The normalized spacial score (nSPS) is 23.7. The first-order chi connectivity index (χ1) is 8.60. The molecule has 94 valence electrons. The number of benzene rings is 1. The van der Waals surface area contributed by atoms with E-state index >= 15 is 0 Å². The van der Waals surface area contributed by atoms with Crippen LogP contribution in [0.5, 0.6) is 0 Å². The maximum atomic E-state index is 2.50. The lowest BCUT2D eigenvalue weighted by Gasteiger charge is -2.32. The predicted octanol–water partition coefficient (Wildman–Crippen LogP) is 4.28. The van der Waals surface area contributed by atoms with Crippen molar-refractivity contribution in [2.75, 3.05) is 14.1 Å². The Morgan fingerprint density at radius 2 is 1.89 bits per heavy atom. The first-order valence-corrected chi connectivity index (χ1v) is 7.17. The summed E-state index contributed by atoms with van der Waals surface area (Å²) in [5, 5.41) is 0. The molecule has 1 unspecified atom stereocenters. The van der Waals surface area contributed by atoms with Gasteiger partial charge >= 0.3 is 0 Å². The highest BCUT2D eigenvalue weighted by Gasteiger charge is 2.26. The number of nitrogens with zero attached hydrogens (tertiary/aromatic N) is 1. The van der Waals surface area contributed by atoms with Gasteiger partial charge in [-0.25, -0.2) is 0 Å². The molecule has 0 aliphatic heterocycles. The fourth-order valence-corrected chi connectivity index (χ4v) is 2.23. The van der Waals surface area contributed by atoms with E-state index in [0.29, 0.717) is 0 Å². The number of rotatable bonds is 3. The number of hydrogen-bond acceptors (Lipinski definition) is 1. The number of halogens is 1. The predicted molar refractivity (Wildman–Crippen MR) is 87.8 cm³/mol. The van der Waals surface area contributed by atoms with Crippen molar-refractivity contribution < 1.29 is 0 Å². The highest BCUT2D eigenvalue weighted by molar-refractivity contribution is 14.1. The molecule has 1 aromatic rings. The third kappa shape index (κ3) is 3.33. The van der Waals surface area contributed by atoms with E-state index in [4.69, 9.17) is 0 Å². The van der Waals surface area contributed by atoms with Gasteiger partial charge in [-0.2, -0.15) is 0 Å². The molecule has 0 amide bonds. The molecular weight excluding hydrogens is 333 g/mol. The minimum absolute atomic E-state index is 0.127. The van der Waals surface area contributed by atoms with E-state index in [9.17, 15) is 0 Å². The van der Waals surface area contributed by atoms with Crippen LogP contribution < -0.4 is 0 Å². The highest BCUT2D eigenvalue weighted by atomic mass is 127. The Kier molecular flexibility index (Phi) is 4.40. The number of allylic oxidation sites excluding steroid dienone is 3. The molecule has 1 aliphatic carbocycles. The highest BCUT2D eigenvalue weighted by Crippen LogP contribution is 2.32. The van der Waals surface area contributed by atoms with Crippen molar-refractivity contribution >= 4 is 28.7 Å². The second-order valence-electron chi connectivity index (χ2n) is 4.70. The van der Waals surface area contributed by atoms with Gasteiger partial charge in [0.2, 0.25) is 0 Å². The van der Waals surface area contributed by atoms with Gasteiger partial charge in [0, 0.05) is 0 Å². The van der Waals surface area contributed by atoms with Crippen LogP contribution in [0.1, 0.15) is 12.0 Å². The molecule has 0 aromatic heterocycles. The molecule has 1 atom stereocenters. The lowest BCUT2D eigenvalue weighted by atomic mass is 10.0. The van der Waals surface area contributed by atoms with Gasteiger partial charge < -0.3 is 0 Å². The Labute approximate surface area is 123 Å². The summed E-state index contributed by atoms with van der Waals surface area (Å²) in [6, 6.07) is 10.4. The molecule has 0 N–H and O–H groups in total. The quantitative estimate of drug-likeness (QED) is 0.446. The Bertz CT molecular complexity index is 485. The van der Waals surface area contributed by atoms with Crippen molar-refractivity contribution in [3.05, 3.63) is 65.8 Å². The van der Waals surface area contributed by atoms with E-state index in [1.807, 2.05) is 6.07 Å². The van der Waals surface area contributed by atoms with Crippen LogP contribution in [0.3, 0.4) is 0 Å². The SMILES string of the molecule is CN(C)C1(I)C=CC(C=Cc2ccccc2)=CC1. The average Bonchev–Trinajstić information content (AvgIpc) is 2.39. The smallest absolute Gasteiger partial charge is 0.0948 e. The van der Waals surface area contributed by atoms with Gasteiger partial charge in [0.25, 0.3) is 0 Å². The van der Waals surface area contributed by atoms with Crippen LogP contribution >= 0.6 is 22.6 Å². The summed E-state index contributed by atoms with van der Waals surface area (Å²) >= 11 is 2.50. The third-order valence-corrected chi connectivity index (χ3v) is 4.93. The van der Waals surface area contributed by atoms with Gasteiger partial charge in [0.1, 0.15) is 0 Å². The van der Waals surface area contributed by atoms with E-state index < -0.39 is 0 Å². The molecule has 0 radical (unpaired) electrons. The molecule has 2 heteroatoms. The van der Waals surface area contributed by atoms with Crippen molar-refractivity contribution in [3.8, 4) is 0 Å². The Hall–Kier alpha value is -0.870. The van der Waals surface area contributed by atoms with E-state index in [0.717, 1.165) is 6.42 Å². The van der Waals surface area contributed by atoms with Crippen LogP contribution in [-0.2, 0) is 0 Å². The summed E-state index contributed by atoms with van der Waals surface area (Å²) in [4.78, 5) is 2.25. The summed E-state index contributed by atoms with van der Waals surface area (Å²) in [5.41, 5.74) is 2.53. The summed E-state index contributed by atoms with van der Waals surface area (Å²) in [6.45, 7) is 0. The van der Waals surface area contributed by atoms with Crippen LogP contribution in [0.4, 0.5) is 0 Å². The van der Waals surface area contributed by atoms with Crippen molar-refractivity contribution in [1.82, 2.24) is 4.90 Å². The molecule has 2 rings (SSSR count). The maximum absolute atomic E-state index is 2.50. The van der Waals surface area contributed by atoms with Crippen LogP contribution in [0, 0.1) is 0 Å². The minimum Gasteiger partial charge on any atom is -0.292 e. The average molecular weight is 351 g/mol. The Balaban J connectivity index is 2.04. The topological polar surface area (TPSA) is 3.24 Å². The van der Waals surface area contributed by atoms with Gasteiger partial charge in [0.15, 0.2) is 0 Å². The van der Waals surface area contributed by atoms with E-state index in [1.54, 1.807) is 0 Å². The van der Waals surface area contributed by atoms with Crippen molar-refractivity contribution in [1.29, 1.82) is 0 Å². The molecule has 18 heavy (non-hydrogen) atoms. The molecule has 0 heterocycles. The van der Waals surface area contributed by atoms with E-state index in [-0.39, 0.29) is 3.55 Å². The van der Waals surface area contributed by atoms with E-state index in [2.05, 4.69) is 96.2 Å². The van der Waals surface area contributed by atoms with Gasteiger partial charge in [-0.1, -0.05) is 83.3 Å². The van der Waals surface area contributed by atoms with Crippen LogP contribution in [-0.4, -0.2) is 22.5 Å². The molecule has 1 aliphatic rings. The Morgan fingerprint density at radius 3 is 2.44 bits per heavy atom. The molecular formula is C16H18IN. The third-order valence-electron chi connectivity index (χ3n) is 3.17. The lowest BCUT2D eigenvalue weighted by Crippen LogP contribution is -2.36. The van der Waals surface area contributed by atoms with Gasteiger partial charge in [0.05, 0.1) is 3.55 Å². The second-order valence-corrected chi connectivity index (χ2v) is 6.57. The fraction of sp³-hybridized carbons (Fsp3) is 0.250. The van der Waals surface area contributed by atoms with Crippen LogP contribution in [0.2, 0.25) is 0 Å². The van der Waals surface area contributed by atoms with Gasteiger partial charge in [-0.15, -0.1) is 0 Å². The number of likely N-dealkylation sites (N-methyl/N-ethyl adjacent to an activating group) is 1. The Morgan fingerprint density at radius 1 is 1.17 bits per heavy atom. The zero-order valence-electron chi connectivity index (χ0n) is 10.8. The molecule has 0 spiro atoms. The number of hydrogen-bond donors (Lipinski definition) is 0. The molecule has 1 aromatic carbocycles. The van der Waals surface area contributed by atoms with Gasteiger partial charge in [-0.05, 0) is 31.7 Å². The standard InChI is InChI=1S/C16H18IN/c1-18(2)16(17)12-10-15(11-13-16)9-8-14-6-4-3-5-7-14/h3-12H,13H2,1-2H3. The molecule has 0 saturated heterocycles. The first-order valence-electron chi connectivity index (χ1n) is 6.09. The van der Waals surface area contributed by atoms with Crippen LogP contribution in [0.15, 0.2) is 60.2 Å². The summed E-state index contributed by atoms with van der Waals surface area (Å²) < 4.78 is 0.127. The van der Waals surface area contributed by atoms with Crippen molar-refractivity contribution in [2.45, 2.75) is 9.97 Å². The van der Waals surface area contributed by atoms with E-state index in [1.165, 1.54) is 11.1 Å². The maximum Gasteiger partial charge on any atom is 0.0948 e. The first kappa shape index (κ1) is 13.6. The second kappa shape index (κ2) is 5.85. The monoisotopic (exact) mass is 351 g/mol. The van der Waals surface area contributed by atoms with Crippen LogP contribution in [0.25, 0.3) is 6.08 Å². The van der Waals surface area contributed by atoms with Gasteiger partial charge in [-0.3, -0.25) is 4.90 Å². The summed E-state index contributed by atoms with van der Waals surface area (Å²) in [6.07, 6.45) is 12.2. The molecule has 1 nitrogen and oxygen atoms in total. The molecule has 0 fully saturated rings. The zero-order chi connectivity index (χ0) is 13.0. The fourth-order valence-electron chi connectivity index (χ4n) is 1.83. The molecule has 0 saturated carbocycles. The lowest BCUT2D eigenvalue weighted by molar-refractivity contribution is 0.327. The largest absolute Gasteiger partial charge is 0.292 e.